The molecule has 0 aliphatic heterocycles. The molecule has 12 nitrogen and oxygen atoms in total. The molecule has 0 aliphatic rings. The van der Waals surface area contributed by atoms with Crippen LogP contribution in [-0.4, -0.2) is 95.5 Å². The quantitative estimate of drug-likeness (QED) is 0.0630. The van der Waals surface area contributed by atoms with Crippen LogP contribution < -0.4 is 10.6 Å². The van der Waals surface area contributed by atoms with E-state index in [1.165, 1.54) is 21.1 Å². The number of thiazole rings is 2. The van der Waals surface area contributed by atoms with Crippen LogP contribution in [0, 0.1) is 23.7 Å². The van der Waals surface area contributed by atoms with E-state index >= 15 is 0 Å². The molecule has 3 N–H and O–H groups in total. The van der Waals surface area contributed by atoms with Gasteiger partial charge in [0.15, 0.2) is 10.3 Å². The van der Waals surface area contributed by atoms with Gasteiger partial charge in [0.05, 0.1) is 43.3 Å². The lowest BCUT2D eigenvalue weighted by molar-refractivity contribution is -0.159. The molecule has 0 radical (unpaired) electrons. The zero-order valence-corrected chi connectivity index (χ0v) is 48.4. The molecule has 2 unspecified atom stereocenters. The predicted octanol–water partition coefficient (Wildman–Crippen LogP) is 14.0. The van der Waals surface area contributed by atoms with Crippen LogP contribution in [0.25, 0.3) is 22.5 Å². The first-order chi connectivity index (χ1) is 34.8. The molecule has 2 aromatic heterocycles. The maximum absolute atomic E-state index is 13.2. The molecule has 0 aliphatic carbocycles. The number of esters is 1. The number of benzene rings is 4. The average molecular weight is 1130 g/mol. The molecule has 2 atom stereocenters. The second-order valence-electron chi connectivity index (χ2n) is 20.3. The first-order valence-electron chi connectivity index (χ1n) is 24.2. The van der Waals surface area contributed by atoms with E-state index in [2.05, 4.69) is 38.3 Å². The highest BCUT2D eigenvalue weighted by Gasteiger charge is 2.27. The minimum absolute atomic E-state index is 0.0842. The van der Waals surface area contributed by atoms with Crippen molar-refractivity contribution in [2.45, 2.75) is 79.8 Å². The van der Waals surface area contributed by atoms with Gasteiger partial charge >= 0.3 is 11.9 Å². The third kappa shape index (κ3) is 17.7. The van der Waals surface area contributed by atoms with Gasteiger partial charge in [-0.3, -0.25) is 19.2 Å². The lowest BCUT2D eigenvalue weighted by atomic mass is 9.97. The van der Waals surface area contributed by atoms with Crippen molar-refractivity contribution in [3.05, 3.63) is 137 Å². The highest BCUT2D eigenvalue weighted by molar-refractivity contribution is 7.16. The van der Waals surface area contributed by atoms with Crippen molar-refractivity contribution in [1.29, 1.82) is 0 Å². The lowest BCUT2D eigenvalue weighted by Gasteiger charge is -2.24. The molecular formula is C56H66Cl4N6O6S2. The molecule has 396 valence electrons. The van der Waals surface area contributed by atoms with E-state index in [1.54, 1.807) is 82.0 Å². The summed E-state index contributed by atoms with van der Waals surface area (Å²) in [6.07, 6.45) is 2.40. The largest absolute Gasteiger partial charge is 0.481 e. The van der Waals surface area contributed by atoms with Crippen molar-refractivity contribution in [2.24, 2.45) is 23.7 Å². The number of rotatable bonds is 20. The Balaban J connectivity index is 0.000000276. The van der Waals surface area contributed by atoms with Crippen LogP contribution in [0.2, 0.25) is 20.1 Å². The summed E-state index contributed by atoms with van der Waals surface area (Å²) in [5.74, 6) is -1.73. The second kappa shape index (κ2) is 27.0. The van der Waals surface area contributed by atoms with Crippen LogP contribution in [0.5, 0.6) is 0 Å². The highest BCUT2D eigenvalue weighted by Crippen LogP contribution is 2.38. The van der Waals surface area contributed by atoms with Crippen LogP contribution >= 0.6 is 69.1 Å². The number of carbonyl (C=O) groups is 4. The zero-order chi connectivity index (χ0) is 54.6. The van der Waals surface area contributed by atoms with Crippen LogP contribution in [0.4, 0.5) is 10.3 Å². The monoisotopic (exact) mass is 1120 g/mol. The molecule has 6 aromatic rings. The van der Waals surface area contributed by atoms with Crippen molar-refractivity contribution >= 4 is 103 Å². The minimum atomic E-state index is -0.912. The Bertz CT molecular complexity index is 2910. The predicted molar refractivity (Wildman–Crippen MR) is 306 cm³/mol. The number of halogens is 4. The van der Waals surface area contributed by atoms with Gasteiger partial charge in [0.25, 0.3) is 11.8 Å². The number of anilines is 2. The van der Waals surface area contributed by atoms with Gasteiger partial charge < -0.3 is 30.3 Å². The van der Waals surface area contributed by atoms with E-state index in [1.807, 2.05) is 63.2 Å². The normalized spacial score (nSPS) is 12.2. The maximum Gasteiger partial charge on any atom is 0.311 e. The third-order valence-corrected chi connectivity index (χ3v) is 14.7. The summed E-state index contributed by atoms with van der Waals surface area (Å²) in [5.41, 5.74) is 5.63. The van der Waals surface area contributed by atoms with E-state index in [4.69, 9.17) is 61.1 Å². The fourth-order valence-electron chi connectivity index (χ4n) is 7.65. The SMILES string of the molecule is CC(C)Cc1sc(NCC(Cc2cccc(C(=O)N(C)C)c2)C(=O)O)nc1-c1ccc(Cl)c(Cl)c1.CC(C)Cc1sc(NCC(Cc2cccc(C(=O)N(C)C)c2)C(=O)OC(C)(C)C)nc1-c1ccc(Cl)c(Cl)c1. The Morgan fingerprint density at radius 1 is 0.595 bits per heavy atom. The molecule has 4 aromatic carbocycles. The number of carbonyl (C=O) groups excluding carboxylic acids is 3. The first kappa shape index (κ1) is 59.7. The fraction of sp³-hybridized carbons (Fsp3) is 0.393. The number of aliphatic carboxylic acids is 1. The van der Waals surface area contributed by atoms with Crippen molar-refractivity contribution in [2.75, 3.05) is 51.9 Å². The molecule has 2 heterocycles. The molecule has 0 bridgehead atoms. The van der Waals surface area contributed by atoms with Gasteiger partial charge in [-0.15, -0.1) is 22.7 Å². The van der Waals surface area contributed by atoms with Gasteiger partial charge in [-0.25, -0.2) is 9.97 Å². The van der Waals surface area contributed by atoms with Crippen molar-refractivity contribution in [1.82, 2.24) is 19.8 Å². The van der Waals surface area contributed by atoms with Crippen molar-refractivity contribution in [3.63, 3.8) is 0 Å². The van der Waals surface area contributed by atoms with Gasteiger partial charge in [-0.05, 0) is 118 Å². The molecule has 74 heavy (non-hydrogen) atoms. The van der Waals surface area contributed by atoms with E-state index in [9.17, 15) is 24.3 Å². The molecule has 6 rings (SSSR count). The molecule has 18 heteroatoms. The van der Waals surface area contributed by atoms with Gasteiger partial charge in [0, 0.05) is 73.3 Å². The highest BCUT2D eigenvalue weighted by atomic mass is 35.5. The summed E-state index contributed by atoms with van der Waals surface area (Å²) < 4.78 is 5.75. The molecule has 0 spiro atoms. The molecule has 0 saturated heterocycles. The van der Waals surface area contributed by atoms with Crippen LogP contribution in [0.3, 0.4) is 0 Å². The van der Waals surface area contributed by atoms with Crippen molar-refractivity contribution < 1.29 is 29.0 Å². The number of carboxylic acid groups (broad SMARTS) is 1. The van der Waals surface area contributed by atoms with Crippen LogP contribution in [-0.2, 0) is 40.0 Å². The smallest absolute Gasteiger partial charge is 0.311 e. The number of hydrogen-bond acceptors (Lipinski definition) is 11. The van der Waals surface area contributed by atoms with Gasteiger partial charge in [0.1, 0.15) is 5.60 Å². The minimum Gasteiger partial charge on any atom is -0.481 e. The topological polar surface area (TPSA) is 154 Å². The molecular weight excluding hydrogens is 1060 g/mol. The molecule has 2 amide bonds. The Morgan fingerprint density at radius 2 is 1.00 bits per heavy atom. The average Bonchev–Trinajstić information content (AvgIpc) is 3.92. The molecule has 0 saturated carbocycles. The lowest BCUT2D eigenvalue weighted by Crippen LogP contribution is -2.33. The number of aromatic nitrogens is 2. The van der Waals surface area contributed by atoms with E-state index in [0.717, 1.165) is 61.4 Å². The Labute approximate surface area is 463 Å². The number of amides is 2. The van der Waals surface area contributed by atoms with E-state index < -0.39 is 23.4 Å². The number of carboxylic acids is 1. The standard InChI is InChI=1S/C30H37Cl2N3O3S.C26H29Cl2N3O3S/c1-18(2)13-25-26(20-11-12-23(31)24(32)16-20)34-29(39-25)33-17-22(28(37)38-30(3,4)5)15-19-9-8-10-21(14-19)27(36)35(6)7;1-15(2)10-22-23(17-8-9-20(27)21(28)13-17)30-26(35-22)29-14-19(25(33)34)12-16-6-5-7-18(11-16)24(32)31(3)4/h8-12,14,16,18,22H,13,15,17H2,1-7H3,(H,33,34);5-9,11,13,15,19H,10,12,14H2,1-4H3,(H,29,30)(H,33,34). The Morgan fingerprint density at radius 3 is 1.36 bits per heavy atom. The fourth-order valence-corrected chi connectivity index (χ4v) is 10.7. The van der Waals surface area contributed by atoms with Gasteiger partial charge in [0.2, 0.25) is 0 Å². The van der Waals surface area contributed by atoms with E-state index in [0.29, 0.717) is 67.6 Å². The van der Waals surface area contributed by atoms with E-state index in [-0.39, 0.29) is 24.3 Å². The maximum atomic E-state index is 13.2. The number of ether oxygens (including phenoxy) is 1. The van der Waals surface area contributed by atoms with Crippen LogP contribution in [0.1, 0.15) is 90.1 Å². The summed E-state index contributed by atoms with van der Waals surface area (Å²) in [5, 5.41) is 19.7. The summed E-state index contributed by atoms with van der Waals surface area (Å²) >= 11 is 27.8. The second-order valence-corrected chi connectivity index (χ2v) is 24.1. The Kier molecular flexibility index (Phi) is 21.8. The summed E-state index contributed by atoms with van der Waals surface area (Å²) in [6.45, 7) is 14.7. The van der Waals surface area contributed by atoms with Gasteiger partial charge in [-0.2, -0.15) is 0 Å². The number of nitrogens with one attached hydrogen (secondary N) is 2. The zero-order valence-electron chi connectivity index (χ0n) is 43.7. The molecule has 0 fully saturated rings. The summed E-state index contributed by atoms with van der Waals surface area (Å²) in [4.78, 5) is 64.9. The van der Waals surface area contributed by atoms with Crippen LogP contribution in [0.15, 0.2) is 84.9 Å². The van der Waals surface area contributed by atoms with Crippen molar-refractivity contribution in [3.8, 4) is 22.5 Å². The number of hydrogen-bond donors (Lipinski definition) is 3. The first-order valence-corrected chi connectivity index (χ1v) is 27.4. The number of nitrogens with zero attached hydrogens (tertiary/aromatic N) is 4. The Hall–Kier alpha value is -5.22. The summed E-state index contributed by atoms with van der Waals surface area (Å²) in [6, 6.07) is 25.5. The third-order valence-electron chi connectivity index (χ3n) is 11.2. The summed E-state index contributed by atoms with van der Waals surface area (Å²) in [7, 11) is 6.81. The van der Waals surface area contributed by atoms with Gasteiger partial charge in [-0.1, -0.05) is 110 Å².